The van der Waals surface area contributed by atoms with E-state index in [1.165, 1.54) is 36.9 Å². The standard InChI is InChI=1S/C15H22N2/c1-10-7-8-11(9-16)14-12-5-3-4-6-13(12)17(2)15(10)14/h3,5,10-11H,4,6-9,16H2,1-2H3/t10-,11?/m1/s1. The molecule has 0 saturated heterocycles. The lowest BCUT2D eigenvalue weighted by Crippen LogP contribution is -2.21. The third-order valence-corrected chi connectivity index (χ3v) is 4.58. The Morgan fingerprint density at radius 2 is 2.24 bits per heavy atom. The van der Waals surface area contributed by atoms with Crippen molar-refractivity contribution in [3.8, 4) is 0 Å². The molecule has 1 unspecified atom stereocenters. The fourth-order valence-electron chi connectivity index (χ4n) is 3.70. The Morgan fingerprint density at radius 1 is 1.41 bits per heavy atom. The lowest BCUT2D eigenvalue weighted by atomic mass is 9.79. The summed E-state index contributed by atoms with van der Waals surface area (Å²) in [5, 5.41) is 0. The Labute approximate surface area is 104 Å². The van der Waals surface area contributed by atoms with Gasteiger partial charge in [-0.1, -0.05) is 19.1 Å². The molecule has 3 rings (SSSR count). The van der Waals surface area contributed by atoms with Crippen LogP contribution in [0, 0.1) is 0 Å². The van der Waals surface area contributed by atoms with E-state index in [0.29, 0.717) is 11.8 Å². The molecule has 2 nitrogen and oxygen atoms in total. The van der Waals surface area contributed by atoms with Crippen molar-refractivity contribution in [3.05, 3.63) is 28.6 Å². The van der Waals surface area contributed by atoms with Crippen LogP contribution >= 0.6 is 0 Å². The summed E-state index contributed by atoms with van der Waals surface area (Å²) in [6, 6.07) is 0. The first-order valence-corrected chi connectivity index (χ1v) is 6.82. The molecule has 1 aromatic rings. The minimum absolute atomic E-state index is 0.582. The zero-order valence-corrected chi connectivity index (χ0v) is 10.9. The number of nitrogens with two attached hydrogens (primary N) is 1. The Morgan fingerprint density at radius 3 is 3.00 bits per heavy atom. The van der Waals surface area contributed by atoms with Crippen molar-refractivity contribution in [1.29, 1.82) is 0 Å². The van der Waals surface area contributed by atoms with E-state index in [2.05, 4.69) is 30.7 Å². The molecule has 2 heteroatoms. The van der Waals surface area contributed by atoms with Gasteiger partial charge in [-0.25, -0.2) is 0 Å². The van der Waals surface area contributed by atoms with Gasteiger partial charge in [0, 0.05) is 18.4 Å². The van der Waals surface area contributed by atoms with Crippen molar-refractivity contribution in [1.82, 2.24) is 4.57 Å². The first-order valence-electron chi connectivity index (χ1n) is 6.82. The first-order chi connectivity index (χ1) is 8.24. The van der Waals surface area contributed by atoms with E-state index in [4.69, 9.17) is 5.73 Å². The predicted molar refractivity (Wildman–Crippen MR) is 72.2 cm³/mol. The van der Waals surface area contributed by atoms with Crippen LogP contribution in [0.5, 0.6) is 0 Å². The fourth-order valence-corrected chi connectivity index (χ4v) is 3.70. The molecule has 0 bridgehead atoms. The second-order valence-electron chi connectivity index (χ2n) is 5.57. The van der Waals surface area contributed by atoms with E-state index in [9.17, 15) is 0 Å². The number of aromatic nitrogens is 1. The summed E-state index contributed by atoms with van der Waals surface area (Å²) in [6.07, 6.45) is 9.57. The van der Waals surface area contributed by atoms with Gasteiger partial charge in [0.1, 0.15) is 0 Å². The summed E-state index contributed by atoms with van der Waals surface area (Å²) in [5.41, 5.74) is 12.1. The van der Waals surface area contributed by atoms with Crippen LogP contribution in [-0.2, 0) is 13.5 Å². The molecule has 0 fully saturated rings. The van der Waals surface area contributed by atoms with Crippen molar-refractivity contribution < 1.29 is 0 Å². The minimum Gasteiger partial charge on any atom is -0.350 e. The number of nitrogens with zero attached hydrogens (tertiary/aromatic N) is 1. The lowest BCUT2D eigenvalue weighted by molar-refractivity contribution is 0.488. The van der Waals surface area contributed by atoms with Gasteiger partial charge in [0.05, 0.1) is 0 Å². The Balaban J connectivity index is 2.24. The minimum atomic E-state index is 0.582. The average Bonchev–Trinajstić information content (AvgIpc) is 2.66. The summed E-state index contributed by atoms with van der Waals surface area (Å²) in [4.78, 5) is 0. The van der Waals surface area contributed by atoms with Crippen molar-refractivity contribution in [2.75, 3.05) is 6.54 Å². The summed E-state index contributed by atoms with van der Waals surface area (Å²) in [7, 11) is 2.24. The maximum absolute atomic E-state index is 5.97. The highest BCUT2D eigenvalue weighted by Crippen LogP contribution is 2.43. The van der Waals surface area contributed by atoms with Crippen molar-refractivity contribution in [2.45, 2.75) is 44.4 Å². The zero-order chi connectivity index (χ0) is 12.0. The third kappa shape index (κ3) is 1.50. The van der Waals surface area contributed by atoms with Gasteiger partial charge >= 0.3 is 0 Å². The monoisotopic (exact) mass is 230 g/mol. The molecule has 2 aliphatic rings. The van der Waals surface area contributed by atoms with E-state index >= 15 is 0 Å². The molecular weight excluding hydrogens is 208 g/mol. The summed E-state index contributed by atoms with van der Waals surface area (Å²) in [6.45, 7) is 3.16. The molecule has 0 aromatic carbocycles. The number of hydrogen-bond acceptors (Lipinski definition) is 1. The third-order valence-electron chi connectivity index (χ3n) is 4.58. The van der Waals surface area contributed by atoms with E-state index in [-0.39, 0.29) is 0 Å². The molecule has 0 spiro atoms. The topological polar surface area (TPSA) is 30.9 Å². The van der Waals surface area contributed by atoms with Gasteiger partial charge < -0.3 is 10.3 Å². The van der Waals surface area contributed by atoms with Gasteiger partial charge in [0.2, 0.25) is 0 Å². The zero-order valence-electron chi connectivity index (χ0n) is 10.9. The quantitative estimate of drug-likeness (QED) is 0.790. The molecule has 17 heavy (non-hydrogen) atoms. The SMILES string of the molecule is C[C@@H]1CCC(CN)c2c3c(n(C)c21)CCC=C3. The van der Waals surface area contributed by atoms with Gasteiger partial charge in [-0.05, 0) is 55.2 Å². The lowest BCUT2D eigenvalue weighted by Gasteiger charge is -2.28. The maximum atomic E-state index is 5.97. The highest BCUT2D eigenvalue weighted by Gasteiger charge is 2.31. The van der Waals surface area contributed by atoms with Gasteiger partial charge in [-0.2, -0.15) is 0 Å². The fraction of sp³-hybridized carbons (Fsp3) is 0.600. The molecule has 0 radical (unpaired) electrons. The highest BCUT2D eigenvalue weighted by atomic mass is 15.0. The largest absolute Gasteiger partial charge is 0.350 e. The van der Waals surface area contributed by atoms with Crippen molar-refractivity contribution in [3.63, 3.8) is 0 Å². The van der Waals surface area contributed by atoms with Crippen LogP contribution in [-0.4, -0.2) is 11.1 Å². The predicted octanol–water partition coefficient (Wildman–Crippen LogP) is 2.92. The Hall–Kier alpha value is -1.02. The number of rotatable bonds is 1. The molecule has 0 amide bonds. The van der Waals surface area contributed by atoms with Gasteiger partial charge in [-0.15, -0.1) is 0 Å². The number of hydrogen-bond donors (Lipinski definition) is 1. The second-order valence-corrected chi connectivity index (χ2v) is 5.57. The second kappa shape index (κ2) is 4.02. The number of allylic oxidation sites excluding steroid dienone is 1. The van der Waals surface area contributed by atoms with Crippen LogP contribution in [0.4, 0.5) is 0 Å². The Kier molecular flexibility index (Phi) is 2.62. The van der Waals surface area contributed by atoms with Crippen molar-refractivity contribution in [2.24, 2.45) is 12.8 Å². The maximum Gasteiger partial charge on any atom is 0.0253 e. The molecular formula is C15H22N2. The van der Waals surface area contributed by atoms with Crippen LogP contribution in [0.2, 0.25) is 0 Å². The van der Waals surface area contributed by atoms with E-state index in [1.54, 1.807) is 11.3 Å². The summed E-state index contributed by atoms with van der Waals surface area (Å²) in [5.74, 6) is 1.27. The smallest absolute Gasteiger partial charge is 0.0253 e. The van der Waals surface area contributed by atoms with Crippen LogP contribution in [0.25, 0.3) is 6.08 Å². The van der Waals surface area contributed by atoms with E-state index in [0.717, 1.165) is 6.54 Å². The molecule has 2 atom stereocenters. The van der Waals surface area contributed by atoms with Crippen LogP contribution in [0.3, 0.4) is 0 Å². The average molecular weight is 230 g/mol. The highest BCUT2D eigenvalue weighted by molar-refractivity contribution is 5.63. The van der Waals surface area contributed by atoms with Gasteiger partial charge in [0.15, 0.2) is 0 Å². The van der Waals surface area contributed by atoms with E-state index < -0.39 is 0 Å². The Bertz CT molecular complexity index is 468. The number of fused-ring (bicyclic) bond motifs is 3. The molecule has 92 valence electrons. The first kappa shape index (κ1) is 11.1. The molecule has 1 aromatic heterocycles. The van der Waals surface area contributed by atoms with Gasteiger partial charge in [0.25, 0.3) is 0 Å². The van der Waals surface area contributed by atoms with Crippen LogP contribution in [0.1, 0.15) is 60.5 Å². The van der Waals surface area contributed by atoms with Crippen molar-refractivity contribution >= 4 is 6.08 Å². The van der Waals surface area contributed by atoms with Crippen LogP contribution in [0.15, 0.2) is 6.08 Å². The normalized spacial score (nSPS) is 26.8. The molecule has 0 aliphatic heterocycles. The van der Waals surface area contributed by atoms with Gasteiger partial charge in [-0.3, -0.25) is 0 Å². The molecule has 2 aliphatic carbocycles. The molecule has 0 saturated carbocycles. The molecule has 1 heterocycles. The molecule has 2 N–H and O–H groups in total. The van der Waals surface area contributed by atoms with Crippen LogP contribution < -0.4 is 5.73 Å². The summed E-state index contributed by atoms with van der Waals surface area (Å²) >= 11 is 0. The van der Waals surface area contributed by atoms with E-state index in [1.807, 2.05) is 0 Å². The summed E-state index contributed by atoms with van der Waals surface area (Å²) < 4.78 is 2.46.